The maximum atomic E-state index is 9.56. The zero-order valence-corrected chi connectivity index (χ0v) is 13.1. The van der Waals surface area contributed by atoms with Crippen LogP contribution in [0.15, 0.2) is 46.9 Å². The highest BCUT2D eigenvalue weighted by atomic mass is 79.9. The first-order valence-corrected chi connectivity index (χ1v) is 7.23. The van der Waals surface area contributed by atoms with Crippen molar-refractivity contribution in [2.24, 2.45) is 0 Å². The van der Waals surface area contributed by atoms with Gasteiger partial charge in [-0.15, -0.1) is 0 Å². The minimum atomic E-state index is 0.0898. The molecule has 0 aliphatic carbocycles. The fourth-order valence-corrected chi connectivity index (χ4v) is 2.58. The van der Waals surface area contributed by atoms with Gasteiger partial charge in [-0.3, -0.25) is 0 Å². The van der Waals surface area contributed by atoms with Crippen LogP contribution in [-0.2, 0) is 11.3 Å². The minimum Gasteiger partial charge on any atom is -0.508 e. The highest BCUT2D eigenvalue weighted by molar-refractivity contribution is 9.10. The average molecular weight is 336 g/mol. The molecule has 0 spiro atoms. The van der Waals surface area contributed by atoms with Gasteiger partial charge in [0, 0.05) is 28.9 Å². The third kappa shape index (κ3) is 3.52. The van der Waals surface area contributed by atoms with Crippen LogP contribution >= 0.6 is 15.9 Å². The summed E-state index contributed by atoms with van der Waals surface area (Å²) in [5, 5.41) is 13.0. The van der Waals surface area contributed by atoms with Gasteiger partial charge in [-0.2, -0.15) is 0 Å². The molecule has 2 N–H and O–H groups in total. The fourth-order valence-electron chi connectivity index (χ4n) is 2.10. The zero-order valence-electron chi connectivity index (χ0n) is 11.6. The van der Waals surface area contributed by atoms with Crippen LogP contribution in [0.25, 0.3) is 0 Å². The van der Waals surface area contributed by atoms with E-state index in [2.05, 4.69) is 28.2 Å². The number of nitrogens with one attached hydrogen (secondary N) is 1. The molecule has 1 unspecified atom stereocenters. The molecule has 0 radical (unpaired) electrons. The van der Waals surface area contributed by atoms with E-state index in [4.69, 9.17) is 4.74 Å². The zero-order chi connectivity index (χ0) is 14.5. The summed E-state index contributed by atoms with van der Waals surface area (Å²) in [5.41, 5.74) is 3.15. The van der Waals surface area contributed by atoms with Gasteiger partial charge in [0.1, 0.15) is 5.75 Å². The second-order valence-electron chi connectivity index (χ2n) is 4.66. The number of rotatable bonds is 5. The van der Waals surface area contributed by atoms with Gasteiger partial charge in [0.2, 0.25) is 0 Å². The van der Waals surface area contributed by atoms with Crippen LogP contribution in [0.5, 0.6) is 5.75 Å². The number of benzene rings is 2. The molecule has 0 saturated carbocycles. The van der Waals surface area contributed by atoms with E-state index in [0.717, 1.165) is 21.3 Å². The summed E-state index contributed by atoms with van der Waals surface area (Å²) < 4.78 is 6.27. The van der Waals surface area contributed by atoms with Crippen molar-refractivity contribution in [3.05, 3.63) is 58.1 Å². The molecule has 0 aliphatic rings. The van der Waals surface area contributed by atoms with E-state index < -0.39 is 0 Å². The molecule has 0 fully saturated rings. The van der Waals surface area contributed by atoms with Gasteiger partial charge in [-0.1, -0.05) is 34.1 Å². The van der Waals surface area contributed by atoms with Crippen LogP contribution in [0.1, 0.15) is 24.1 Å². The molecule has 0 heterocycles. The topological polar surface area (TPSA) is 41.5 Å². The molecule has 2 aromatic rings. The maximum absolute atomic E-state index is 9.56. The number of aromatic hydroxyl groups is 1. The van der Waals surface area contributed by atoms with Gasteiger partial charge in [0.15, 0.2) is 0 Å². The molecule has 4 heteroatoms. The molecular formula is C16H18BrNO2. The molecular weight excluding hydrogens is 318 g/mol. The first-order valence-electron chi connectivity index (χ1n) is 6.43. The number of hydrogen-bond acceptors (Lipinski definition) is 3. The predicted octanol–water partition coefficient (Wildman–Crippen LogP) is 4.47. The number of hydrogen-bond donors (Lipinski definition) is 2. The Morgan fingerprint density at radius 1 is 1.25 bits per heavy atom. The van der Waals surface area contributed by atoms with Gasteiger partial charge in [0.25, 0.3) is 0 Å². The molecule has 2 rings (SSSR count). The smallest absolute Gasteiger partial charge is 0.115 e. The minimum absolute atomic E-state index is 0.0898. The largest absolute Gasteiger partial charge is 0.508 e. The van der Waals surface area contributed by atoms with Crippen molar-refractivity contribution in [1.82, 2.24) is 0 Å². The Bertz CT molecular complexity index is 586. The van der Waals surface area contributed by atoms with Crippen molar-refractivity contribution in [2.45, 2.75) is 19.6 Å². The Labute approximate surface area is 127 Å². The quantitative estimate of drug-likeness (QED) is 0.846. The van der Waals surface area contributed by atoms with Crippen LogP contribution in [0.3, 0.4) is 0 Å². The van der Waals surface area contributed by atoms with Gasteiger partial charge in [0.05, 0.1) is 6.61 Å². The third-order valence-electron chi connectivity index (χ3n) is 3.15. The summed E-state index contributed by atoms with van der Waals surface area (Å²) in [4.78, 5) is 0. The number of phenols is 1. The Kier molecular flexibility index (Phi) is 5.04. The van der Waals surface area contributed by atoms with E-state index in [1.54, 1.807) is 19.2 Å². The summed E-state index contributed by atoms with van der Waals surface area (Å²) in [6.07, 6.45) is 0. The van der Waals surface area contributed by atoms with Crippen molar-refractivity contribution >= 4 is 21.6 Å². The molecule has 2 aromatic carbocycles. The van der Waals surface area contributed by atoms with E-state index >= 15 is 0 Å². The molecule has 0 aliphatic heterocycles. The number of methoxy groups -OCH3 is 1. The van der Waals surface area contributed by atoms with Gasteiger partial charge in [-0.05, 0) is 36.8 Å². The van der Waals surface area contributed by atoms with E-state index in [9.17, 15) is 5.11 Å². The first-order chi connectivity index (χ1) is 9.61. The fraction of sp³-hybridized carbons (Fsp3) is 0.250. The first kappa shape index (κ1) is 14.9. The lowest BCUT2D eigenvalue weighted by atomic mass is 10.1. The highest BCUT2D eigenvalue weighted by Crippen LogP contribution is 2.29. The van der Waals surface area contributed by atoms with Crippen LogP contribution in [0.2, 0.25) is 0 Å². The molecule has 1 atom stereocenters. The van der Waals surface area contributed by atoms with E-state index in [0.29, 0.717) is 6.61 Å². The molecule has 3 nitrogen and oxygen atoms in total. The SMILES string of the molecule is COCc1c(Br)cccc1NC(C)c1cccc(O)c1. The lowest BCUT2D eigenvalue weighted by molar-refractivity contribution is 0.185. The Morgan fingerprint density at radius 2 is 2.00 bits per heavy atom. The van der Waals surface area contributed by atoms with Gasteiger partial charge >= 0.3 is 0 Å². The summed E-state index contributed by atoms with van der Waals surface area (Å²) in [7, 11) is 1.68. The standard InChI is InChI=1S/C16H18BrNO2/c1-11(12-5-3-6-13(19)9-12)18-16-8-4-7-15(17)14(16)10-20-2/h3-9,11,18-19H,10H2,1-2H3. The normalized spacial score (nSPS) is 12.2. The Morgan fingerprint density at radius 3 is 2.70 bits per heavy atom. The van der Waals surface area contributed by atoms with Crippen molar-refractivity contribution in [3.8, 4) is 5.75 Å². The summed E-state index contributed by atoms with van der Waals surface area (Å²) in [6.45, 7) is 2.60. The molecule has 0 aromatic heterocycles. The predicted molar refractivity (Wildman–Crippen MR) is 85.0 cm³/mol. The van der Waals surface area contributed by atoms with Gasteiger partial charge in [-0.25, -0.2) is 0 Å². The second kappa shape index (κ2) is 6.77. The summed E-state index contributed by atoms with van der Waals surface area (Å²) in [5.74, 6) is 0.280. The summed E-state index contributed by atoms with van der Waals surface area (Å²) in [6, 6.07) is 13.4. The van der Waals surface area contributed by atoms with Crippen molar-refractivity contribution < 1.29 is 9.84 Å². The molecule has 0 amide bonds. The van der Waals surface area contributed by atoms with Crippen molar-refractivity contribution in [1.29, 1.82) is 0 Å². The number of phenolic OH excluding ortho intramolecular Hbond substituents is 1. The molecule has 0 saturated heterocycles. The van der Waals surface area contributed by atoms with Crippen LogP contribution < -0.4 is 5.32 Å². The van der Waals surface area contributed by atoms with Crippen LogP contribution in [0.4, 0.5) is 5.69 Å². The van der Waals surface area contributed by atoms with Crippen molar-refractivity contribution in [3.63, 3.8) is 0 Å². The Balaban J connectivity index is 2.23. The number of anilines is 1. The van der Waals surface area contributed by atoms with Crippen LogP contribution in [0, 0.1) is 0 Å². The molecule has 0 bridgehead atoms. The Hall–Kier alpha value is -1.52. The monoisotopic (exact) mass is 335 g/mol. The lowest BCUT2D eigenvalue weighted by Gasteiger charge is -2.19. The lowest BCUT2D eigenvalue weighted by Crippen LogP contribution is -2.09. The van der Waals surface area contributed by atoms with E-state index in [1.165, 1.54) is 0 Å². The van der Waals surface area contributed by atoms with Gasteiger partial charge < -0.3 is 15.2 Å². The van der Waals surface area contributed by atoms with Crippen LogP contribution in [-0.4, -0.2) is 12.2 Å². The van der Waals surface area contributed by atoms with E-state index in [1.807, 2.05) is 30.3 Å². The summed E-state index contributed by atoms with van der Waals surface area (Å²) >= 11 is 3.55. The number of ether oxygens (including phenoxy) is 1. The average Bonchev–Trinajstić information content (AvgIpc) is 2.42. The maximum Gasteiger partial charge on any atom is 0.115 e. The van der Waals surface area contributed by atoms with E-state index in [-0.39, 0.29) is 11.8 Å². The second-order valence-corrected chi connectivity index (χ2v) is 5.51. The third-order valence-corrected chi connectivity index (χ3v) is 3.89. The number of halogens is 1. The highest BCUT2D eigenvalue weighted by Gasteiger charge is 2.11. The van der Waals surface area contributed by atoms with Crippen molar-refractivity contribution in [2.75, 3.05) is 12.4 Å². The molecule has 106 valence electrons. The molecule has 20 heavy (non-hydrogen) atoms.